The molecule has 0 bridgehead atoms. The second kappa shape index (κ2) is 4.44. The summed E-state index contributed by atoms with van der Waals surface area (Å²) in [5.74, 6) is -0.246. The smallest absolute Gasteiger partial charge is 0.250 e. The van der Waals surface area contributed by atoms with Crippen LogP contribution in [0.1, 0.15) is 33.7 Å². The molecule has 0 aromatic carbocycles. The summed E-state index contributed by atoms with van der Waals surface area (Å²) in [6.07, 6.45) is 3.42. The van der Waals surface area contributed by atoms with Gasteiger partial charge in [-0.1, -0.05) is 0 Å². The lowest BCUT2D eigenvalue weighted by Gasteiger charge is -2.35. The van der Waals surface area contributed by atoms with Gasteiger partial charge in [-0.05, 0) is 27.7 Å². The molecular formula is C12H18N4O2. The van der Waals surface area contributed by atoms with Crippen LogP contribution in [0.3, 0.4) is 0 Å². The Balaban J connectivity index is 2.33. The minimum atomic E-state index is -0.501. The highest BCUT2D eigenvalue weighted by atomic mass is 16.2. The number of piperazine rings is 1. The largest absolute Gasteiger partial charge is 0.343 e. The fourth-order valence-electron chi connectivity index (χ4n) is 2.00. The Morgan fingerprint density at radius 3 is 2.56 bits per heavy atom. The van der Waals surface area contributed by atoms with Crippen molar-refractivity contribution >= 4 is 17.5 Å². The van der Waals surface area contributed by atoms with Crippen LogP contribution in [-0.4, -0.2) is 33.7 Å². The molecule has 0 spiro atoms. The normalized spacial score (nSPS) is 24.6. The average molecular weight is 250 g/mol. The highest BCUT2D eigenvalue weighted by Crippen LogP contribution is 2.21. The molecule has 2 rings (SSSR count). The number of carbonyl (C=O) groups excluding carboxylic acids is 2. The van der Waals surface area contributed by atoms with E-state index in [0.29, 0.717) is 5.69 Å². The van der Waals surface area contributed by atoms with Crippen molar-refractivity contribution in [3.63, 3.8) is 0 Å². The van der Waals surface area contributed by atoms with E-state index < -0.39 is 12.1 Å². The maximum Gasteiger partial charge on any atom is 0.250 e. The summed E-state index contributed by atoms with van der Waals surface area (Å²) < 4.78 is 1.77. The molecule has 98 valence electrons. The lowest BCUT2D eigenvalue weighted by Crippen LogP contribution is -2.61. The molecule has 0 saturated carbocycles. The zero-order valence-electron chi connectivity index (χ0n) is 11.0. The first kappa shape index (κ1) is 12.6. The van der Waals surface area contributed by atoms with Crippen molar-refractivity contribution in [2.45, 2.75) is 45.8 Å². The van der Waals surface area contributed by atoms with Crippen molar-refractivity contribution < 1.29 is 9.59 Å². The van der Waals surface area contributed by atoms with Gasteiger partial charge in [0, 0.05) is 12.2 Å². The number of rotatable bonds is 2. The van der Waals surface area contributed by atoms with Crippen LogP contribution in [-0.2, 0) is 9.59 Å². The minimum absolute atomic E-state index is 0.106. The van der Waals surface area contributed by atoms with Crippen LogP contribution in [0.5, 0.6) is 0 Å². The van der Waals surface area contributed by atoms with Gasteiger partial charge in [0.15, 0.2) is 0 Å². The summed E-state index contributed by atoms with van der Waals surface area (Å²) >= 11 is 0. The van der Waals surface area contributed by atoms with Gasteiger partial charge in [0.25, 0.3) is 0 Å². The van der Waals surface area contributed by atoms with E-state index in [1.54, 1.807) is 30.9 Å². The predicted octanol–water partition coefficient (Wildman–Crippen LogP) is 0.704. The summed E-state index contributed by atoms with van der Waals surface area (Å²) in [6.45, 7) is 7.42. The van der Waals surface area contributed by atoms with Gasteiger partial charge in [0.2, 0.25) is 11.8 Å². The van der Waals surface area contributed by atoms with Gasteiger partial charge in [-0.2, -0.15) is 5.10 Å². The first-order chi connectivity index (χ1) is 8.41. The average Bonchev–Trinajstić information content (AvgIpc) is 2.76. The van der Waals surface area contributed by atoms with E-state index in [4.69, 9.17) is 0 Å². The number of nitrogens with zero attached hydrogens (tertiary/aromatic N) is 3. The summed E-state index contributed by atoms with van der Waals surface area (Å²) in [5.41, 5.74) is 0.669. The number of amides is 2. The minimum Gasteiger partial charge on any atom is -0.343 e. The Hall–Kier alpha value is -1.85. The number of nitrogens with one attached hydrogen (secondary N) is 1. The molecule has 2 atom stereocenters. The van der Waals surface area contributed by atoms with Crippen LogP contribution in [0.15, 0.2) is 12.4 Å². The van der Waals surface area contributed by atoms with Crippen LogP contribution in [0.2, 0.25) is 0 Å². The van der Waals surface area contributed by atoms with E-state index in [1.807, 2.05) is 13.8 Å². The topological polar surface area (TPSA) is 67.2 Å². The Morgan fingerprint density at radius 2 is 2.00 bits per heavy atom. The molecule has 0 radical (unpaired) electrons. The highest BCUT2D eigenvalue weighted by molar-refractivity contribution is 6.07. The molecule has 1 aromatic heterocycles. The summed E-state index contributed by atoms with van der Waals surface area (Å²) in [5, 5.41) is 6.85. The Kier molecular flexibility index (Phi) is 3.11. The molecule has 1 N–H and O–H groups in total. The number of hydrogen-bond acceptors (Lipinski definition) is 3. The quantitative estimate of drug-likeness (QED) is 0.840. The predicted molar refractivity (Wildman–Crippen MR) is 67.2 cm³/mol. The molecule has 1 fully saturated rings. The summed E-state index contributed by atoms with van der Waals surface area (Å²) in [6, 6.07) is -0.769. The third kappa shape index (κ3) is 1.98. The van der Waals surface area contributed by atoms with Crippen LogP contribution < -0.4 is 10.2 Å². The second-order valence-electron chi connectivity index (χ2n) is 4.89. The van der Waals surface area contributed by atoms with Crippen molar-refractivity contribution in [2.75, 3.05) is 4.90 Å². The van der Waals surface area contributed by atoms with Crippen molar-refractivity contribution in [3.8, 4) is 0 Å². The molecule has 2 amide bonds. The number of hydrogen-bond donors (Lipinski definition) is 1. The molecule has 18 heavy (non-hydrogen) atoms. The fraction of sp³-hybridized carbons (Fsp3) is 0.583. The van der Waals surface area contributed by atoms with Crippen molar-refractivity contribution in [1.82, 2.24) is 15.1 Å². The van der Waals surface area contributed by atoms with Gasteiger partial charge in [0.1, 0.15) is 12.1 Å². The summed E-state index contributed by atoms with van der Waals surface area (Å²) in [4.78, 5) is 25.4. The maximum absolute atomic E-state index is 12.1. The monoisotopic (exact) mass is 250 g/mol. The Morgan fingerprint density at radius 1 is 1.33 bits per heavy atom. The summed E-state index contributed by atoms with van der Waals surface area (Å²) in [7, 11) is 0. The Bertz CT molecular complexity index is 480. The van der Waals surface area contributed by atoms with Gasteiger partial charge < -0.3 is 5.32 Å². The first-order valence-corrected chi connectivity index (χ1v) is 6.09. The third-order valence-corrected chi connectivity index (χ3v) is 3.13. The molecule has 0 aliphatic carbocycles. The number of anilines is 1. The molecule has 6 heteroatoms. The Labute approximate surface area is 106 Å². The molecule has 2 unspecified atom stereocenters. The van der Waals surface area contributed by atoms with Crippen LogP contribution in [0.25, 0.3) is 0 Å². The van der Waals surface area contributed by atoms with Crippen LogP contribution >= 0.6 is 0 Å². The first-order valence-electron chi connectivity index (χ1n) is 6.09. The van der Waals surface area contributed by atoms with Gasteiger partial charge in [0.05, 0.1) is 11.9 Å². The van der Waals surface area contributed by atoms with E-state index in [-0.39, 0.29) is 17.9 Å². The zero-order valence-corrected chi connectivity index (χ0v) is 11.0. The van der Waals surface area contributed by atoms with Gasteiger partial charge in [-0.15, -0.1) is 0 Å². The van der Waals surface area contributed by atoms with E-state index in [0.717, 1.165) is 0 Å². The number of carbonyl (C=O) groups is 2. The van der Waals surface area contributed by atoms with E-state index in [2.05, 4.69) is 10.4 Å². The van der Waals surface area contributed by atoms with Gasteiger partial charge in [-0.3, -0.25) is 19.2 Å². The van der Waals surface area contributed by atoms with Crippen molar-refractivity contribution in [3.05, 3.63) is 12.4 Å². The molecular weight excluding hydrogens is 232 g/mol. The maximum atomic E-state index is 12.1. The standard InChI is InChI=1S/C12H18N4O2/c1-7(2)15-6-10(5-13-15)16-9(4)11(17)14-8(3)12(16)18/h5-9H,1-4H3,(H,14,17). The molecule has 1 saturated heterocycles. The fourth-order valence-corrected chi connectivity index (χ4v) is 2.00. The van der Waals surface area contributed by atoms with Crippen molar-refractivity contribution in [2.24, 2.45) is 0 Å². The van der Waals surface area contributed by atoms with Crippen LogP contribution in [0, 0.1) is 0 Å². The van der Waals surface area contributed by atoms with Gasteiger partial charge >= 0.3 is 0 Å². The van der Waals surface area contributed by atoms with Crippen LogP contribution in [0.4, 0.5) is 5.69 Å². The molecule has 1 aromatic rings. The lowest BCUT2D eigenvalue weighted by atomic mass is 10.1. The third-order valence-electron chi connectivity index (χ3n) is 3.13. The van der Waals surface area contributed by atoms with Gasteiger partial charge in [-0.25, -0.2) is 0 Å². The molecule has 6 nitrogen and oxygen atoms in total. The van der Waals surface area contributed by atoms with E-state index in [1.165, 1.54) is 4.90 Å². The zero-order chi connectivity index (χ0) is 13.4. The van der Waals surface area contributed by atoms with E-state index in [9.17, 15) is 9.59 Å². The second-order valence-corrected chi connectivity index (χ2v) is 4.89. The highest BCUT2D eigenvalue weighted by Gasteiger charge is 2.37. The van der Waals surface area contributed by atoms with E-state index >= 15 is 0 Å². The van der Waals surface area contributed by atoms with Crippen molar-refractivity contribution in [1.29, 1.82) is 0 Å². The number of aromatic nitrogens is 2. The lowest BCUT2D eigenvalue weighted by molar-refractivity contribution is -0.133. The molecule has 1 aliphatic rings. The SMILES string of the molecule is CC1NC(=O)C(C)N(c2cnn(C(C)C)c2)C1=O. The molecule has 2 heterocycles. The molecule has 1 aliphatic heterocycles.